The molecule has 0 fully saturated rings. The zero-order valence-corrected chi connectivity index (χ0v) is 15.3. The molecule has 1 heterocycles. The maximum absolute atomic E-state index is 12.0. The molecule has 1 amide bonds. The predicted molar refractivity (Wildman–Crippen MR) is 104 cm³/mol. The van der Waals surface area contributed by atoms with E-state index in [4.69, 9.17) is 9.47 Å². The minimum Gasteiger partial charge on any atom is -0.497 e. The molecule has 0 spiro atoms. The lowest BCUT2D eigenvalue weighted by Gasteiger charge is -2.08. The lowest BCUT2D eigenvalue weighted by molar-refractivity contribution is -0.116. The summed E-state index contributed by atoms with van der Waals surface area (Å²) in [7, 11) is 1.63. The molecule has 0 aliphatic heterocycles. The Balaban J connectivity index is 1.39. The fourth-order valence-electron chi connectivity index (χ4n) is 2.38. The molecule has 0 saturated heterocycles. The number of carbonyl (C=O) groups is 1. The molecule has 2 aromatic carbocycles. The molecule has 0 saturated carbocycles. The first-order chi connectivity index (χ1) is 12.7. The van der Waals surface area contributed by atoms with E-state index < -0.39 is 0 Å². The molecule has 26 heavy (non-hydrogen) atoms. The van der Waals surface area contributed by atoms with Gasteiger partial charge < -0.3 is 14.8 Å². The molecular formula is C20H20N2O3S. The standard InChI is InChI=1S/C20H20N2O3S/c1-24-17-8-10-18(11-9-17)25-13-2-3-19(23)22-16-6-4-15(5-7-16)20-21-12-14-26-20/h4-12,14H,2-3,13H2,1H3,(H,22,23). The number of thiazole rings is 1. The van der Waals surface area contributed by atoms with Crippen LogP contribution in [0.1, 0.15) is 12.8 Å². The van der Waals surface area contributed by atoms with Gasteiger partial charge in [0.15, 0.2) is 0 Å². The Bertz CT molecular complexity index is 815. The molecule has 0 aliphatic rings. The minimum atomic E-state index is -0.0228. The summed E-state index contributed by atoms with van der Waals surface area (Å²) in [6.45, 7) is 0.489. The highest BCUT2D eigenvalue weighted by molar-refractivity contribution is 7.13. The molecule has 1 N–H and O–H groups in total. The van der Waals surface area contributed by atoms with Crippen LogP contribution in [0.3, 0.4) is 0 Å². The Hall–Kier alpha value is -2.86. The second-order valence-corrected chi connectivity index (χ2v) is 6.48. The normalized spacial score (nSPS) is 10.3. The Morgan fingerprint density at radius 3 is 2.46 bits per heavy atom. The van der Waals surface area contributed by atoms with Crippen LogP contribution < -0.4 is 14.8 Å². The van der Waals surface area contributed by atoms with Crippen LogP contribution in [0.25, 0.3) is 10.6 Å². The van der Waals surface area contributed by atoms with Crippen LogP contribution in [0.15, 0.2) is 60.1 Å². The number of carbonyl (C=O) groups excluding carboxylic acids is 1. The van der Waals surface area contributed by atoms with Crippen LogP contribution in [-0.4, -0.2) is 24.6 Å². The summed E-state index contributed by atoms with van der Waals surface area (Å²) in [5, 5.41) is 5.81. The van der Waals surface area contributed by atoms with Gasteiger partial charge in [0, 0.05) is 29.2 Å². The molecular weight excluding hydrogens is 348 g/mol. The number of aromatic nitrogens is 1. The number of rotatable bonds is 8. The lowest BCUT2D eigenvalue weighted by atomic mass is 10.2. The van der Waals surface area contributed by atoms with Crippen molar-refractivity contribution in [2.75, 3.05) is 19.0 Å². The molecule has 0 radical (unpaired) electrons. The van der Waals surface area contributed by atoms with Crippen molar-refractivity contribution in [3.05, 3.63) is 60.1 Å². The highest BCUT2D eigenvalue weighted by Gasteiger charge is 2.05. The first-order valence-electron chi connectivity index (χ1n) is 8.31. The van der Waals surface area contributed by atoms with Crippen LogP contribution in [0, 0.1) is 0 Å². The van der Waals surface area contributed by atoms with Crippen molar-refractivity contribution in [3.8, 4) is 22.1 Å². The zero-order valence-electron chi connectivity index (χ0n) is 14.5. The third-order valence-electron chi connectivity index (χ3n) is 3.72. The Morgan fingerprint density at radius 2 is 1.81 bits per heavy atom. The highest BCUT2D eigenvalue weighted by Crippen LogP contribution is 2.23. The van der Waals surface area contributed by atoms with Crippen molar-refractivity contribution in [2.45, 2.75) is 12.8 Å². The average molecular weight is 368 g/mol. The van der Waals surface area contributed by atoms with Crippen LogP contribution in [-0.2, 0) is 4.79 Å². The van der Waals surface area contributed by atoms with E-state index >= 15 is 0 Å². The van der Waals surface area contributed by atoms with Gasteiger partial charge in [-0.15, -0.1) is 11.3 Å². The van der Waals surface area contributed by atoms with Crippen molar-refractivity contribution >= 4 is 22.9 Å². The number of anilines is 1. The van der Waals surface area contributed by atoms with Crippen LogP contribution in [0.5, 0.6) is 11.5 Å². The third kappa shape index (κ3) is 5.07. The van der Waals surface area contributed by atoms with Crippen molar-refractivity contribution in [1.82, 2.24) is 4.98 Å². The molecule has 5 nitrogen and oxygen atoms in total. The topological polar surface area (TPSA) is 60.5 Å². The van der Waals surface area contributed by atoms with Gasteiger partial charge in [-0.25, -0.2) is 4.98 Å². The molecule has 0 bridgehead atoms. The predicted octanol–water partition coefficient (Wildman–Crippen LogP) is 4.62. The van der Waals surface area contributed by atoms with Crippen LogP contribution >= 0.6 is 11.3 Å². The van der Waals surface area contributed by atoms with Gasteiger partial charge in [-0.1, -0.05) is 0 Å². The summed E-state index contributed by atoms with van der Waals surface area (Å²) < 4.78 is 10.7. The van der Waals surface area contributed by atoms with E-state index in [0.29, 0.717) is 19.4 Å². The summed E-state index contributed by atoms with van der Waals surface area (Å²) >= 11 is 1.59. The maximum atomic E-state index is 12.0. The van der Waals surface area contributed by atoms with Crippen molar-refractivity contribution in [2.24, 2.45) is 0 Å². The molecule has 6 heteroatoms. The minimum absolute atomic E-state index is 0.0228. The van der Waals surface area contributed by atoms with Crippen LogP contribution in [0.4, 0.5) is 5.69 Å². The van der Waals surface area contributed by atoms with E-state index in [1.165, 1.54) is 0 Å². The molecule has 0 atom stereocenters. The highest BCUT2D eigenvalue weighted by atomic mass is 32.1. The van der Waals surface area contributed by atoms with Gasteiger partial charge in [0.25, 0.3) is 0 Å². The average Bonchev–Trinajstić information content (AvgIpc) is 3.21. The van der Waals surface area contributed by atoms with Crippen molar-refractivity contribution in [3.63, 3.8) is 0 Å². The number of hydrogen-bond donors (Lipinski definition) is 1. The van der Waals surface area contributed by atoms with Gasteiger partial charge in [-0.3, -0.25) is 4.79 Å². The van der Waals surface area contributed by atoms with Crippen molar-refractivity contribution < 1.29 is 14.3 Å². The summed E-state index contributed by atoms with van der Waals surface area (Å²) in [5.74, 6) is 1.53. The van der Waals surface area contributed by atoms with E-state index in [2.05, 4.69) is 10.3 Å². The number of hydrogen-bond acceptors (Lipinski definition) is 5. The number of nitrogens with one attached hydrogen (secondary N) is 1. The van der Waals surface area contributed by atoms with E-state index in [1.54, 1.807) is 24.6 Å². The van der Waals surface area contributed by atoms with E-state index in [9.17, 15) is 4.79 Å². The van der Waals surface area contributed by atoms with Gasteiger partial charge in [0.1, 0.15) is 16.5 Å². The van der Waals surface area contributed by atoms with Gasteiger partial charge in [0.05, 0.1) is 13.7 Å². The largest absolute Gasteiger partial charge is 0.497 e. The third-order valence-corrected chi connectivity index (χ3v) is 4.55. The quantitative estimate of drug-likeness (QED) is 0.590. The number of ether oxygens (including phenoxy) is 2. The van der Waals surface area contributed by atoms with Gasteiger partial charge in [-0.05, 0) is 55.0 Å². The lowest BCUT2D eigenvalue weighted by Crippen LogP contribution is -2.12. The smallest absolute Gasteiger partial charge is 0.224 e. The molecule has 134 valence electrons. The Morgan fingerprint density at radius 1 is 1.08 bits per heavy atom. The fraction of sp³-hybridized carbons (Fsp3) is 0.200. The second kappa shape index (κ2) is 9.01. The summed E-state index contributed by atoms with van der Waals surface area (Å²) in [4.78, 5) is 16.3. The zero-order chi connectivity index (χ0) is 18.2. The summed E-state index contributed by atoms with van der Waals surface area (Å²) in [5.41, 5.74) is 1.83. The van der Waals surface area contributed by atoms with E-state index in [-0.39, 0.29) is 5.91 Å². The molecule has 1 aromatic heterocycles. The first-order valence-corrected chi connectivity index (χ1v) is 9.19. The second-order valence-electron chi connectivity index (χ2n) is 5.59. The van der Waals surface area contributed by atoms with E-state index in [1.807, 2.05) is 53.9 Å². The Kier molecular flexibility index (Phi) is 6.22. The van der Waals surface area contributed by atoms with Crippen LogP contribution in [0.2, 0.25) is 0 Å². The number of methoxy groups -OCH3 is 1. The number of amides is 1. The molecule has 3 aromatic rings. The Labute approximate surface area is 156 Å². The number of benzene rings is 2. The fourth-order valence-corrected chi connectivity index (χ4v) is 3.02. The molecule has 3 rings (SSSR count). The molecule has 0 aliphatic carbocycles. The molecule has 0 unspecified atom stereocenters. The van der Waals surface area contributed by atoms with Gasteiger partial charge in [-0.2, -0.15) is 0 Å². The maximum Gasteiger partial charge on any atom is 0.224 e. The SMILES string of the molecule is COc1ccc(OCCCC(=O)Nc2ccc(-c3nccs3)cc2)cc1. The summed E-state index contributed by atoms with van der Waals surface area (Å²) in [6.07, 6.45) is 2.84. The first kappa shape index (κ1) is 17.9. The summed E-state index contributed by atoms with van der Waals surface area (Å²) in [6, 6.07) is 15.1. The number of nitrogens with zero attached hydrogens (tertiary/aromatic N) is 1. The monoisotopic (exact) mass is 368 g/mol. The van der Waals surface area contributed by atoms with Gasteiger partial charge in [0.2, 0.25) is 5.91 Å². The van der Waals surface area contributed by atoms with Crippen molar-refractivity contribution in [1.29, 1.82) is 0 Å². The van der Waals surface area contributed by atoms with E-state index in [0.717, 1.165) is 27.8 Å². The van der Waals surface area contributed by atoms with Gasteiger partial charge >= 0.3 is 0 Å².